The Morgan fingerprint density at radius 1 is 1.33 bits per heavy atom. The number of likely N-dealkylation sites (N-methyl/N-ethyl adjacent to an activating group) is 1. The van der Waals surface area contributed by atoms with E-state index in [1.54, 1.807) is 18.2 Å². The molecule has 0 unspecified atom stereocenters. The number of nitrogens with zero attached hydrogens (tertiary/aromatic N) is 1. The second-order valence-electron chi connectivity index (χ2n) is 5.56. The lowest BCUT2D eigenvalue weighted by molar-refractivity contribution is 0.0346. The van der Waals surface area contributed by atoms with Gasteiger partial charge in [-0.3, -0.25) is 0 Å². The van der Waals surface area contributed by atoms with E-state index in [0.29, 0.717) is 36.1 Å². The Labute approximate surface area is 127 Å². The van der Waals surface area contributed by atoms with Crippen molar-refractivity contribution in [3.05, 3.63) is 23.8 Å². The summed E-state index contributed by atoms with van der Waals surface area (Å²) < 4.78 is 10.9. The Morgan fingerprint density at radius 2 is 2.00 bits per heavy atom. The molecule has 0 saturated heterocycles. The Balaban J connectivity index is 2.80. The van der Waals surface area contributed by atoms with E-state index < -0.39 is 0 Å². The van der Waals surface area contributed by atoms with Gasteiger partial charge in [0.2, 0.25) is 0 Å². The number of hydrogen-bond donors (Lipinski definition) is 1. The Hall–Kier alpha value is -1.75. The molecular formula is C16H26N2O3. The van der Waals surface area contributed by atoms with E-state index in [-0.39, 0.29) is 12.0 Å². The highest BCUT2D eigenvalue weighted by atomic mass is 16.5. The van der Waals surface area contributed by atoms with Crippen molar-refractivity contribution >= 4 is 11.7 Å². The lowest BCUT2D eigenvalue weighted by Crippen LogP contribution is -2.37. The van der Waals surface area contributed by atoms with E-state index in [2.05, 4.69) is 18.7 Å². The third-order valence-electron chi connectivity index (χ3n) is 3.34. The first-order valence-corrected chi connectivity index (χ1v) is 7.22. The minimum atomic E-state index is -0.383. The van der Waals surface area contributed by atoms with Gasteiger partial charge in [-0.1, -0.05) is 13.8 Å². The number of esters is 1. The fourth-order valence-corrected chi connectivity index (χ4v) is 2.16. The summed E-state index contributed by atoms with van der Waals surface area (Å²) in [7, 11) is 3.96. The third-order valence-corrected chi connectivity index (χ3v) is 3.34. The van der Waals surface area contributed by atoms with Crippen LogP contribution in [0, 0.1) is 5.92 Å². The molecule has 0 aliphatic rings. The monoisotopic (exact) mass is 294 g/mol. The van der Waals surface area contributed by atoms with Crippen molar-refractivity contribution in [3.63, 3.8) is 0 Å². The normalized spacial score (nSPS) is 12.5. The van der Waals surface area contributed by atoms with Crippen molar-refractivity contribution in [3.8, 4) is 5.75 Å². The van der Waals surface area contributed by atoms with E-state index >= 15 is 0 Å². The molecule has 0 amide bonds. The number of hydrogen-bond acceptors (Lipinski definition) is 5. The van der Waals surface area contributed by atoms with Crippen LogP contribution in [0.2, 0.25) is 0 Å². The quantitative estimate of drug-likeness (QED) is 0.618. The number of ether oxygens (including phenoxy) is 2. The van der Waals surface area contributed by atoms with Crippen molar-refractivity contribution in [2.45, 2.75) is 26.8 Å². The predicted molar refractivity (Wildman–Crippen MR) is 84.6 cm³/mol. The molecule has 1 rings (SSSR count). The zero-order chi connectivity index (χ0) is 16.0. The number of benzene rings is 1. The van der Waals surface area contributed by atoms with Gasteiger partial charge < -0.3 is 20.1 Å². The first-order chi connectivity index (χ1) is 9.86. The molecule has 0 fully saturated rings. The average molecular weight is 294 g/mol. The molecule has 0 heterocycles. The van der Waals surface area contributed by atoms with Crippen molar-refractivity contribution in [2.24, 2.45) is 5.92 Å². The smallest absolute Gasteiger partial charge is 0.341 e. The standard InChI is InChI=1S/C16H26N2O3/c1-6-20-15-9-12(17)7-8-13(15)16(19)21-10-14(11(2)3)18(4)5/h7-9,11,14H,6,10,17H2,1-5H3/t14-/m1/s1. The highest BCUT2D eigenvalue weighted by molar-refractivity contribution is 5.93. The highest BCUT2D eigenvalue weighted by Crippen LogP contribution is 2.23. The molecule has 0 bridgehead atoms. The van der Waals surface area contributed by atoms with Crippen molar-refractivity contribution in [1.82, 2.24) is 4.90 Å². The van der Waals surface area contributed by atoms with Crippen LogP contribution in [0.1, 0.15) is 31.1 Å². The van der Waals surface area contributed by atoms with Gasteiger partial charge in [0.1, 0.15) is 17.9 Å². The van der Waals surface area contributed by atoms with E-state index in [1.807, 2.05) is 21.0 Å². The maximum absolute atomic E-state index is 12.2. The van der Waals surface area contributed by atoms with E-state index in [9.17, 15) is 4.79 Å². The molecule has 1 aromatic rings. The summed E-state index contributed by atoms with van der Waals surface area (Å²) >= 11 is 0. The molecule has 0 aromatic heterocycles. The summed E-state index contributed by atoms with van der Waals surface area (Å²) in [6.07, 6.45) is 0. The second-order valence-corrected chi connectivity index (χ2v) is 5.56. The van der Waals surface area contributed by atoms with Gasteiger partial charge in [-0.05, 0) is 39.1 Å². The summed E-state index contributed by atoms with van der Waals surface area (Å²) in [6.45, 7) is 6.88. The average Bonchev–Trinajstić information content (AvgIpc) is 2.38. The molecule has 0 aliphatic heterocycles. The number of carbonyl (C=O) groups excluding carboxylic acids is 1. The molecule has 0 saturated carbocycles. The van der Waals surface area contributed by atoms with Crippen LogP contribution in [-0.2, 0) is 4.74 Å². The van der Waals surface area contributed by atoms with Crippen molar-refractivity contribution in [1.29, 1.82) is 0 Å². The zero-order valence-corrected chi connectivity index (χ0v) is 13.6. The van der Waals surface area contributed by atoms with Crippen LogP contribution in [0.4, 0.5) is 5.69 Å². The van der Waals surface area contributed by atoms with Gasteiger partial charge in [0, 0.05) is 17.8 Å². The molecule has 118 valence electrons. The summed E-state index contributed by atoms with van der Waals surface area (Å²) in [5.74, 6) is 0.477. The van der Waals surface area contributed by atoms with E-state index in [0.717, 1.165) is 0 Å². The first-order valence-electron chi connectivity index (χ1n) is 7.22. The zero-order valence-electron chi connectivity index (χ0n) is 13.6. The molecule has 21 heavy (non-hydrogen) atoms. The number of nitrogen functional groups attached to an aromatic ring is 1. The number of anilines is 1. The largest absolute Gasteiger partial charge is 0.493 e. The maximum Gasteiger partial charge on any atom is 0.341 e. The number of rotatable bonds is 7. The lowest BCUT2D eigenvalue weighted by Gasteiger charge is -2.27. The molecule has 0 aliphatic carbocycles. The number of carbonyl (C=O) groups is 1. The van der Waals surface area contributed by atoms with Gasteiger partial charge in [-0.25, -0.2) is 4.79 Å². The summed E-state index contributed by atoms with van der Waals surface area (Å²) in [6, 6.07) is 5.14. The van der Waals surface area contributed by atoms with Gasteiger partial charge in [0.05, 0.1) is 6.61 Å². The summed E-state index contributed by atoms with van der Waals surface area (Å²) in [4.78, 5) is 14.3. The topological polar surface area (TPSA) is 64.8 Å². The van der Waals surface area contributed by atoms with Gasteiger partial charge in [0.25, 0.3) is 0 Å². The van der Waals surface area contributed by atoms with Crippen LogP contribution in [0.5, 0.6) is 5.75 Å². The van der Waals surface area contributed by atoms with E-state index in [4.69, 9.17) is 15.2 Å². The molecule has 5 heteroatoms. The van der Waals surface area contributed by atoms with Crippen LogP contribution in [0.25, 0.3) is 0 Å². The van der Waals surface area contributed by atoms with Crippen LogP contribution in [-0.4, -0.2) is 44.2 Å². The summed E-state index contributed by atoms with van der Waals surface area (Å²) in [5.41, 5.74) is 6.69. The Kier molecular flexibility index (Phi) is 6.49. The molecule has 0 radical (unpaired) electrons. The highest BCUT2D eigenvalue weighted by Gasteiger charge is 2.20. The Bertz CT molecular complexity index is 465. The minimum absolute atomic E-state index is 0.179. The second kappa shape index (κ2) is 7.88. The van der Waals surface area contributed by atoms with Crippen molar-refractivity contribution in [2.75, 3.05) is 33.0 Å². The Morgan fingerprint density at radius 3 is 2.52 bits per heavy atom. The van der Waals surface area contributed by atoms with Crippen LogP contribution >= 0.6 is 0 Å². The fraction of sp³-hybridized carbons (Fsp3) is 0.562. The molecule has 0 spiro atoms. The van der Waals surface area contributed by atoms with E-state index in [1.165, 1.54) is 0 Å². The molecule has 1 aromatic carbocycles. The van der Waals surface area contributed by atoms with Gasteiger partial charge in [-0.2, -0.15) is 0 Å². The van der Waals surface area contributed by atoms with Crippen LogP contribution in [0.3, 0.4) is 0 Å². The molecule has 5 nitrogen and oxygen atoms in total. The SMILES string of the molecule is CCOc1cc(N)ccc1C(=O)OC[C@H](C(C)C)N(C)C. The van der Waals surface area contributed by atoms with Gasteiger partial charge >= 0.3 is 5.97 Å². The maximum atomic E-state index is 12.2. The molecular weight excluding hydrogens is 268 g/mol. The number of nitrogens with two attached hydrogens (primary N) is 1. The lowest BCUT2D eigenvalue weighted by atomic mass is 10.0. The third kappa shape index (κ3) is 4.93. The van der Waals surface area contributed by atoms with Gasteiger partial charge in [-0.15, -0.1) is 0 Å². The van der Waals surface area contributed by atoms with Crippen LogP contribution in [0.15, 0.2) is 18.2 Å². The first kappa shape index (κ1) is 17.3. The van der Waals surface area contributed by atoms with Gasteiger partial charge in [0.15, 0.2) is 0 Å². The minimum Gasteiger partial charge on any atom is -0.493 e. The molecule has 1 atom stereocenters. The van der Waals surface area contributed by atoms with Crippen molar-refractivity contribution < 1.29 is 14.3 Å². The van der Waals surface area contributed by atoms with Crippen LogP contribution < -0.4 is 10.5 Å². The molecule has 2 N–H and O–H groups in total. The predicted octanol–water partition coefficient (Wildman–Crippen LogP) is 2.41. The summed E-state index contributed by atoms with van der Waals surface area (Å²) in [5, 5.41) is 0. The fourth-order valence-electron chi connectivity index (χ4n) is 2.16.